The summed E-state index contributed by atoms with van der Waals surface area (Å²) in [6.07, 6.45) is -4.13. The van der Waals surface area contributed by atoms with Crippen LogP contribution in [0.2, 0.25) is 0 Å². The quantitative estimate of drug-likeness (QED) is 0.708. The molecule has 0 spiro atoms. The Balaban J connectivity index is 1.76. The summed E-state index contributed by atoms with van der Waals surface area (Å²) in [4.78, 5) is 17.6. The zero-order valence-corrected chi connectivity index (χ0v) is 14.2. The number of nitrogens with one attached hydrogen (secondary N) is 1. The first-order valence-electron chi connectivity index (χ1n) is 7.44. The molecule has 9 heteroatoms. The smallest absolute Gasteiger partial charge is 0.416 e. The van der Waals surface area contributed by atoms with Crippen molar-refractivity contribution in [3.8, 4) is 17.5 Å². The van der Waals surface area contributed by atoms with E-state index >= 15 is 0 Å². The lowest BCUT2D eigenvalue weighted by Crippen LogP contribution is -2.06. The van der Waals surface area contributed by atoms with Crippen molar-refractivity contribution in [1.82, 2.24) is 9.97 Å². The number of thiazole rings is 1. The molecule has 1 aromatic carbocycles. The third-order valence-electron chi connectivity index (χ3n) is 3.47. The first-order chi connectivity index (χ1) is 12.2. The third-order valence-corrected chi connectivity index (χ3v) is 4.34. The summed E-state index contributed by atoms with van der Waals surface area (Å²) in [6.45, 7) is 1.46. The predicted octanol–water partition coefficient (Wildman–Crippen LogP) is 4.25. The molecule has 3 rings (SSSR count). The summed E-state index contributed by atoms with van der Waals surface area (Å²) in [5.41, 5.74) is 0.176. The summed E-state index contributed by atoms with van der Waals surface area (Å²) < 4.78 is 44.0. The van der Waals surface area contributed by atoms with Crippen LogP contribution in [0.4, 0.5) is 13.2 Å². The molecule has 2 heterocycles. The minimum absolute atomic E-state index is 0.147. The molecule has 136 valence electrons. The van der Waals surface area contributed by atoms with Gasteiger partial charge >= 0.3 is 11.0 Å². The Bertz CT molecular complexity index is 978. The van der Waals surface area contributed by atoms with Crippen molar-refractivity contribution in [3.05, 3.63) is 67.8 Å². The van der Waals surface area contributed by atoms with Gasteiger partial charge in [0.05, 0.1) is 10.4 Å². The maximum Gasteiger partial charge on any atom is 0.416 e. The number of hydrogen-bond acceptors (Lipinski definition) is 5. The van der Waals surface area contributed by atoms with Crippen molar-refractivity contribution in [2.45, 2.75) is 19.5 Å². The molecule has 0 unspecified atom stereocenters. The largest absolute Gasteiger partial charge is 0.494 e. The molecule has 0 amide bonds. The topological polar surface area (TPSA) is 75.2 Å². The van der Waals surface area contributed by atoms with E-state index in [-0.39, 0.29) is 22.3 Å². The van der Waals surface area contributed by atoms with Crippen molar-refractivity contribution in [1.29, 1.82) is 0 Å². The number of rotatable bonds is 4. The second-order valence-electron chi connectivity index (χ2n) is 5.54. The molecule has 0 aliphatic rings. The zero-order valence-electron chi connectivity index (χ0n) is 13.4. The number of aryl methyl sites for hydroxylation is 1. The summed E-state index contributed by atoms with van der Waals surface area (Å²) >= 11 is 0.913. The number of alkyl halides is 3. The monoisotopic (exact) mass is 382 g/mol. The van der Waals surface area contributed by atoms with Crippen LogP contribution < -0.4 is 9.61 Å². The maximum absolute atomic E-state index is 12.9. The number of aromatic amines is 1. The van der Waals surface area contributed by atoms with Crippen LogP contribution in [0.1, 0.15) is 21.7 Å². The molecular formula is C17H13F3N2O3S. The van der Waals surface area contributed by atoms with Crippen LogP contribution >= 0.6 is 11.3 Å². The van der Waals surface area contributed by atoms with Crippen LogP contribution in [0.3, 0.4) is 0 Å². The van der Waals surface area contributed by atoms with E-state index in [4.69, 9.17) is 4.74 Å². The molecule has 0 radical (unpaired) electrons. The SMILES string of the molecule is Cc1cc(C(F)(F)F)cc(Oc2ccc(Cc3sc(=O)[nH]c3O)cc2)n1. The van der Waals surface area contributed by atoms with Crippen molar-refractivity contribution in [3.63, 3.8) is 0 Å². The van der Waals surface area contributed by atoms with Crippen LogP contribution in [-0.2, 0) is 12.6 Å². The van der Waals surface area contributed by atoms with Gasteiger partial charge in [-0.25, -0.2) is 4.98 Å². The highest BCUT2D eigenvalue weighted by atomic mass is 32.1. The van der Waals surface area contributed by atoms with Gasteiger partial charge in [0.2, 0.25) is 11.8 Å². The zero-order chi connectivity index (χ0) is 18.9. The molecule has 0 saturated heterocycles. The van der Waals surface area contributed by atoms with Crippen LogP contribution in [0.25, 0.3) is 0 Å². The number of H-pyrrole nitrogens is 1. The number of halogens is 3. The van der Waals surface area contributed by atoms with Crippen molar-refractivity contribution < 1.29 is 23.0 Å². The number of aromatic hydroxyl groups is 1. The second-order valence-corrected chi connectivity index (χ2v) is 6.61. The molecule has 0 bridgehead atoms. The van der Waals surface area contributed by atoms with Gasteiger partial charge in [0.25, 0.3) is 0 Å². The minimum atomic E-state index is -4.48. The summed E-state index contributed by atoms with van der Waals surface area (Å²) in [6, 6.07) is 8.35. The fourth-order valence-electron chi connectivity index (χ4n) is 2.31. The van der Waals surface area contributed by atoms with Gasteiger partial charge in [-0.15, -0.1) is 0 Å². The Hall–Kier alpha value is -2.81. The van der Waals surface area contributed by atoms with Gasteiger partial charge in [0.15, 0.2) is 0 Å². The lowest BCUT2D eigenvalue weighted by Gasteiger charge is -2.11. The molecule has 5 nitrogen and oxygen atoms in total. The van der Waals surface area contributed by atoms with Crippen molar-refractivity contribution >= 4 is 11.3 Å². The van der Waals surface area contributed by atoms with Gasteiger partial charge in [-0.1, -0.05) is 23.5 Å². The van der Waals surface area contributed by atoms with E-state index in [1.165, 1.54) is 6.92 Å². The lowest BCUT2D eigenvalue weighted by atomic mass is 10.1. The highest BCUT2D eigenvalue weighted by Gasteiger charge is 2.31. The van der Waals surface area contributed by atoms with Crippen LogP contribution in [-0.4, -0.2) is 15.1 Å². The number of benzene rings is 1. The molecule has 0 saturated carbocycles. The number of ether oxygens (including phenoxy) is 1. The molecule has 0 atom stereocenters. The van der Waals surface area contributed by atoms with Gasteiger partial charge in [0, 0.05) is 18.2 Å². The normalized spacial score (nSPS) is 11.5. The van der Waals surface area contributed by atoms with Gasteiger partial charge in [-0.05, 0) is 30.7 Å². The standard InChI is InChI=1S/C17H13F3N2O3S/c1-9-6-11(17(18,19)20)8-14(21-9)25-12-4-2-10(3-5-12)7-13-15(23)22-16(24)26-13/h2-6,8,23H,7H2,1H3,(H,22,24). The van der Waals surface area contributed by atoms with Crippen molar-refractivity contribution in [2.75, 3.05) is 0 Å². The predicted molar refractivity (Wildman–Crippen MR) is 89.9 cm³/mol. The van der Waals surface area contributed by atoms with E-state index in [0.29, 0.717) is 17.0 Å². The third kappa shape index (κ3) is 4.23. The van der Waals surface area contributed by atoms with E-state index in [0.717, 1.165) is 29.0 Å². The summed E-state index contributed by atoms with van der Waals surface area (Å²) in [5.74, 6) is 0.0157. The Labute approximate surface area is 149 Å². The molecule has 0 aliphatic carbocycles. The van der Waals surface area contributed by atoms with E-state index in [2.05, 4.69) is 9.97 Å². The summed E-state index contributed by atoms with van der Waals surface area (Å²) in [7, 11) is 0. The highest BCUT2D eigenvalue weighted by Crippen LogP contribution is 2.32. The molecule has 2 N–H and O–H groups in total. The first-order valence-corrected chi connectivity index (χ1v) is 8.26. The molecule has 26 heavy (non-hydrogen) atoms. The van der Waals surface area contributed by atoms with Gasteiger partial charge in [0.1, 0.15) is 5.75 Å². The molecular weight excluding hydrogens is 369 g/mol. The van der Waals surface area contributed by atoms with Crippen LogP contribution in [0.15, 0.2) is 41.2 Å². The van der Waals surface area contributed by atoms with Crippen LogP contribution in [0, 0.1) is 6.92 Å². The number of hydrogen-bond donors (Lipinski definition) is 2. The van der Waals surface area contributed by atoms with Crippen molar-refractivity contribution in [2.24, 2.45) is 0 Å². The van der Waals surface area contributed by atoms with E-state index in [9.17, 15) is 23.1 Å². The Morgan fingerprint density at radius 3 is 2.50 bits per heavy atom. The first kappa shape index (κ1) is 18.0. The second kappa shape index (κ2) is 6.83. The van der Waals surface area contributed by atoms with E-state index in [1.54, 1.807) is 24.3 Å². The Kier molecular flexibility index (Phi) is 4.73. The highest BCUT2D eigenvalue weighted by molar-refractivity contribution is 7.09. The number of aromatic nitrogens is 2. The van der Waals surface area contributed by atoms with Gasteiger partial charge < -0.3 is 9.84 Å². The van der Waals surface area contributed by atoms with E-state index < -0.39 is 11.7 Å². The van der Waals surface area contributed by atoms with Gasteiger partial charge in [-0.3, -0.25) is 9.78 Å². The van der Waals surface area contributed by atoms with E-state index in [1.807, 2.05) is 0 Å². The van der Waals surface area contributed by atoms with Crippen LogP contribution in [0.5, 0.6) is 17.5 Å². The molecule has 0 aliphatic heterocycles. The maximum atomic E-state index is 12.9. The number of nitrogens with zero attached hydrogens (tertiary/aromatic N) is 1. The lowest BCUT2D eigenvalue weighted by molar-refractivity contribution is -0.137. The fourth-order valence-corrected chi connectivity index (χ4v) is 3.07. The Morgan fingerprint density at radius 2 is 1.92 bits per heavy atom. The molecule has 0 fully saturated rings. The average Bonchev–Trinajstić information content (AvgIpc) is 2.85. The molecule has 3 aromatic rings. The van der Waals surface area contributed by atoms with Gasteiger partial charge in [-0.2, -0.15) is 13.2 Å². The average molecular weight is 382 g/mol. The summed E-state index contributed by atoms with van der Waals surface area (Å²) in [5, 5.41) is 9.59. The number of pyridine rings is 1. The minimum Gasteiger partial charge on any atom is -0.494 e. The molecule has 2 aromatic heterocycles. The fraction of sp³-hybridized carbons (Fsp3) is 0.176. The Morgan fingerprint density at radius 1 is 1.23 bits per heavy atom.